The summed E-state index contributed by atoms with van der Waals surface area (Å²) >= 11 is 0. The maximum atomic E-state index is 3.79. The van der Waals surface area contributed by atoms with Crippen LogP contribution < -0.4 is 0 Å². The van der Waals surface area contributed by atoms with Gasteiger partial charge in [0, 0.05) is 0 Å². The van der Waals surface area contributed by atoms with Crippen LogP contribution in [-0.2, 0) is 0 Å². The first-order valence-corrected chi connectivity index (χ1v) is 5.76. The average Bonchev–Trinajstić information content (AvgIpc) is 2.38. The lowest BCUT2D eigenvalue weighted by Crippen LogP contribution is -1.87. The summed E-state index contributed by atoms with van der Waals surface area (Å²) in [6.45, 7) is 5.89. The molecular formula is C17H16. The Kier molecular flexibility index (Phi) is 3.56. The van der Waals surface area contributed by atoms with Crippen molar-refractivity contribution in [3.8, 4) is 0 Å². The van der Waals surface area contributed by atoms with Crippen LogP contribution in [0, 0.1) is 6.92 Å². The van der Waals surface area contributed by atoms with E-state index in [0.29, 0.717) is 0 Å². The molecule has 0 aromatic heterocycles. The highest BCUT2D eigenvalue weighted by Gasteiger charge is 2.02. The van der Waals surface area contributed by atoms with E-state index in [1.165, 1.54) is 22.3 Å². The molecule has 0 amide bonds. The Morgan fingerprint density at radius 1 is 0.882 bits per heavy atom. The van der Waals surface area contributed by atoms with Gasteiger partial charge < -0.3 is 0 Å². The third kappa shape index (κ3) is 2.73. The second kappa shape index (κ2) is 5.31. The van der Waals surface area contributed by atoms with E-state index in [1.807, 2.05) is 12.1 Å². The van der Waals surface area contributed by atoms with Gasteiger partial charge in [-0.05, 0) is 23.6 Å². The van der Waals surface area contributed by atoms with Crippen LogP contribution in [0.5, 0.6) is 0 Å². The summed E-state index contributed by atoms with van der Waals surface area (Å²) in [6.07, 6.45) is 3.89. The smallest absolute Gasteiger partial charge is 0.0112 e. The third-order valence-corrected chi connectivity index (χ3v) is 2.73. The van der Waals surface area contributed by atoms with Gasteiger partial charge in [0.1, 0.15) is 0 Å². The summed E-state index contributed by atoms with van der Waals surface area (Å²) in [5, 5.41) is 0. The summed E-state index contributed by atoms with van der Waals surface area (Å²) in [5.74, 6) is 0. The van der Waals surface area contributed by atoms with E-state index >= 15 is 0 Å². The van der Waals surface area contributed by atoms with Gasteiger partial charge in [-0.1, -0.05) is 78.9 Å². The molecule has 0 fully saturated rings. The fraction of sp³-hybridized carbons (Fsp3) is 0.0588. The predicted octanol–water partition coefficient (Wildman–Crippen LogP) is 4.61. The van der Waals surface area contributed by atoms with E-state index in [1.54, 1.807) is 0 Å². The van der Waals surface area contributed by atoms with Gasteiger partial charge in [0.15, 0.2) is 0 Å². The van der Waals surface area contributed by atoms with E-state index in [0.717, 1.165) is 0 Å². The Hall–Kier alpha value is -2.08. The van der Waals surface area contributed by atoms with Gasteiger partial charge in [0.05, 0.1) is 0 Å². The Balaban J connectivity index is 2.47. The first-order valence-electron chi connectivity index (χ1n) is 5.76. The Bertz CT molecular complexity index is 516. The molecular weight excluding hydrogens is 204 g/mol. The van der Waals surface area contributed by atoms with E-state index in [-0.39, 0.29) is 0 Å². The number of aryl methyl sites for hydroxylation is 1. The first kappa shape index (κ1) is 11.4. The molecule has 0 bridgehead atoms. The van der Waals surface area contributed by atoms with Crippen LogP contribution >= 0.6 is 0 Å². The van der Waals surface area contributed by atoms with Crippen LogP contribution in [-0.4, -0.2) is 0 Å². The number of allylic oxidation sites excluding steroid dienone is 2. The van der Waals surface area contributed by atoms with Gasteiger partial charge in [-0.15, -0.1) is 0 Å². The van der Waals surface area contributed by atoms with Gasteiger partial charge in [0.2, 0.25) is 0 Å². The summed E-state index contributed by atoms with van der Waals surface area (Å²) in [4.78, 5) is 0. The second-order valence-electron chi connectivity index (χ2n) is 4.05. The minimum absolute atomic E-state index is 1.21. The molecule has 2 aromatic rings. The molecule has 0 heteroatoms. The van der Waals surface area contributed by atoms with Crippen molar-refractivity contribution < 1.29 is 0 Å². The number of hydrogen-bond donors (Lipinski definition) is 0. The fourth-order valence-corrected chi connectivity index (χ4v) is 1.83. The predicted molar refractivity (Wildman–Crippen MR) is 74.9 cm³/mol. The molecule has 0 saturated carbocycles. The quantitative estimate of drug-likeness (QED) is 0.662. The molecule has 2 rings (SSSR count). The minimum atomic E-state index is 1.21. The molecule has 0 atom stereocenters. The first-order chi connectivity index (χ1) is 8.31. The zero-order chi connectivity index (χ0) is 12.1. The van der Waals surface area contributed by atoms with Crippen molar-refractivity contribution in [2.75, 3.05) is 0 Å². The Morgan fingerprint density at radius 2 is 1.47 bits per heavy atom. The van der Waals surface area contributed by atoms with Gasteiger partial charge in [-0.2, -0.15) is 0 Å². The number of benzene rings is 2. The lowest BCUT2D eigenvalue weighted by atomic mass is 9.97. The van der Waals surface area contributed by atoms with Crippen LogP contribution in [0.4, 0.5) is 0 Å². The lowest BCUT2D eigenvalue weighted by molar-refractivity contribution is 1.44. The van der Waals surface area contributed by atoms with Gasteiger partial charge in [0.25, 0.3) is 0 Å². The van der Waals surface area contributed by atoms with Crippen LogP contribution in [0.15, 0.2) is 73.3 Å². The van der Waals surface area contributed by atoms with E-state index in [2.05, 4.69) is 68.1 Å². The molecule has 0 aliphatic carbocycles. The van der Waals surface area contributed by atoms with E-state index in [9.17, 15) is 0 Å². The molecule has 0 heterocycles. The average molecular weight is 220 g/mol. The highest BCUT2D eigenvalue weighted by Crippen LogP contribution is 2.23. The molecule has 0 aliphatic heterocycles. The molecule has 0 nitrogen and oxygen atoms in total. The lowest BCUT2D eigenvalue weighted by Gasteiger charge is -2.08. The highest BCUT2D eigenvalue weighted by molar-refractivity contribution is 5.80. The summed E-state index contributed by atoms with van der Waals surface area (Å²) < 4.78 is 0. The summed E-state index contributed by atoms with van der Waals surface area (Å²) in [5.41, 5.74) is 4.93. The van der Waals surface area contributed by atoms with Crippen molar-refractivity contribution in [1.29, 1.82) is 0 Å². The van der Waals surface area contributed by atoms with E-state index < -0.39 is 0 Å². The highest BCUT2D eigenvalue weighted by atomic mass is 14.1. The van der Waals surface area contributed by atoms with Crippen LogP contribution in [0.25, 0.3) is 5.57 Å². The van der Waals surface area contributed by atoms with Gasteiger partial charge in [-0.3, -0.25) is 0 Å². The van der Waals surface area contributed by atoms with E-state index in [4.69, 9.17) is 0 Å². The van der Waals surface area contributed by atoms with Crippen molar-refractivity contribution in [3.63, 3.8) is 0 Å². The standard InChI is InChI=1S/C17H16/c1-3-7-17(15-8-5-4-6-9-15)16-12-10-14(2)11-13-16/h3-13H,1H2,2H3/b17-7-. The zero-order valence-electron chi connectivity index (χ0n) is 10.1. The number of hydrogen-bond acceptors (Lipinski definition) is 0. The second-order valence-corrected chi connectivity index (χ2v) is 4.05. The SMILES string of the molecule is C=C/C=C(/c1ccccc1)c1ccc(C)cc1. The maximum absolute atomic E-state index is 3.79. The summed E-state index contributed by atoms with van der Waals surface area (Å²) in [7, 11) is 0. The van der Waals surface area contributed by atoms with Crippen LogP contribution in [0.1, 0.15) is 16.7 Å². The third-order valence-electron chi connectivity index (χ3n) is 2.73. The molecule has 0 unspecified atom stereocenters. The molecule has 0 aliphatic rings. The van der Waals surface area contributed by atoms with Crippen molar-refractivity contribution in [1.82, 2.24) is 0 Å². The topological polar surface area (TPSA) is 0 Å². The van der Waals surface area contributed by atoms with Crippen molar-refractivity contribution in [2.24, 2.45) is 0 Å². The van der Waals surface area contributed by atoms with Gasteiger partial charge >= 0.3 is 0 Å². The van der Waals surface area contributed by atoms with Crippen LogP contribution in [0.3, 0.4) is 0 Å². The zero-order valence-corrected chi connectivity index (χ0v) is 10.1. The molecule has 0 N–H and O–H groups in total. The van der Waals surface area contributed by atoms with Crippen LogP contribution in [0.2, 0.25) is 0 Å². The minimum Gasteiger partial charge on any atom is -0.0990 e. The summed E-state index contributed by atoms with van der Waals surface area (Å²) in [6, 6.07) is 19.0. The fourth-order valence-electron chi connectivity index (χ4n) is 1.83. The largest absolute Gasteiger partial charge is 0.0990 e. The molecule has 0 radical (unpaired) electrons. The molecule has 0 spiro atoms. The molecule has 84 valence electrons. The monoisotopic (exact) mass is 220 g/mol. The Morgan fingerprint density at radius 3 is 2.06 bits per heavy atom. The van der Waals surface area contributed by atoms with Gasteiger partial charge in [-0.25, -0.2) is 0 Å². The molecule has 2 aromatic carbocycles. The van der Waals surface area contributed by atoms with Crippen molar-refractivity contribution in [2.45, 2.75) is 6.92 Å². The Labute approximate surface area is 103 Å². The number of rotatable bonds is 3. The molecule has 0 saturated heterocycles. The maximum Gasteiger partial charge on any atom is -0.0112 e. The van der Waals surface area contributed by atoms with Crippen molar-refractivity contribution in [3.05, 3.63) is 90.0 Å². The van der Waals surface area contributed by atoms with Crippen molar-refractivity contribution >= 4 is 5.57 Å². The molecule has 17 heavy (non-hydrogen) atoms. The normalized spacial score (nSPS) is 11.2.